The van der Waals surface area contributed by atoms with E-state index in [1.54, 1.807) is 11.1 Å². The molecule has 0 saturated heterocycles. The first-order chi connectivity index (χ1) is 7.86. The highest BCUT2D eigenvalue weighted by molar-refractivity contribution is 5.84. The molecule has 0 aliphatic heterocycles. The van der Waals surface area contributed by atoms with Crippen LogP contribution in [0.2, 0.25) is 0 Å². The summed E-state index contributed by atoms with van der Waals surface area (Å²) in [7, 11) is 0. The minimum atomic E-state index is 0.911. The minimum Gasteiger partial charge on any atom is -0.0651 e. The monoisotopic (exact) mass is 210 g/mol. The van der Waals surface area contributed by atoms with Crippen molar-refractivity contribution in [3.05, 3.63) is 47.5 Å². The van der Waals surface area contributed by atoms with Gasteiger partial charge in [-0.1, -0.05) is 49.7 Å². The highest BCUT2D eigenvalue weighted by atomic mass is 14.2. The van der Waals surface area contributed by atoms with Gasteiger partial charge in [-0.15, -0.1) is 0 Å². The molecule has 3 rings (SSSR count). The normalized spacial score (nSPS) is 19.7. The van der Waals surface area contributed by atoms with Crippen molar-refractivity contribution in [2.75, 3.05) is 0 Å². The Morgan fingerprint density at radius 3 is 2.44 bits per heavy atom. The van der Waals surface area contributed by atoms with Gasteiger partial charge in [0.05, 0.1) is 0 Å². The fourth-order valence-corrected chi connectivity index (χ4v) is 2.88. The molecule has 0 saturated carbocycles. The lowest BCUT2D eigenvalue weighted by molar-refractivity contribution is 0.445. The molecule has 0 nitrogen and oxygen atoms in total. The Hall–Kier alpha value is -1.30. The molecule has 16 heavy (non-hydrogen) atoms. The molecule has 1 aliphatic rings. The van der Waals surface area contributed by atoms with E-state index in [1.165, 1.54) is 36.5 Å². The second-order valence-corrected chi connectivity index (χ2v) is 4.99. The zero-order valence-electron chi connectivity index (χ0n) is 9.87. The van der Waals surface area contributed by atoms with Crippen LogP contribution in [0.1, 0.15) is 30.9 Å². The summed E-state index contributed by atoms with van der Waals surface area (Å²) in [6.07, 6.45) is 5.27. The summed E-state index contributed by atoms with van der Waals surface area (Å²) < 4.78 is 0. The predicted molar refractivity (Wildman–Crippen MR) is 69.8 cm³/mol. The molecule has 1 atom stereocenters. The average Bonchev–Trinajstić information content (AvgIpc) is 2.35. The standard InChI is InChI=1S/C16H18/c1-2-12-7-8-15-10-13-5-3-4-6-14(13)11-16(15)9-12/h3-6,10-12H,2,7-9H2,1H3. The molecule has 0 N–H and O–H groups in total. The highest BCUT2D eigenvalue weighted by Gasteiger charge is 2.17. The van der Waals surface area contributed by atoms with E-state index in [0.717, 1.165) is 5.92 Å². The maximum absolute atomic E-state index is 2.41. The topological polar surface area (TPSA) is 0 Å². The van der Waals surface area contributed by atoms with Crippen molar-refractivity contribution in [2.24, 2.45) is 5.92 Å². The van der Waals surface area contributed by atoms with Gasteiger partial charge in [0.25, 0.3) is 0 Å². The average molecular weight is 210 g/mol. The fourth-order valence-electron chi connectivity index (χ4n) is 2.88. The van der Waals surface area contributed by atoms with Crippen molar-refractivity contribution in [3.8, 4) is 0 Å². The number of benzene rings is 2. The van der Waals surface area contributed by atoms with Crippen LogP contribution in [0, 0.1) is 5.92 Å². The Balaban J connectivity index is 2.10. The summed E-state index contributed by atoms with van der Waals surface area (Å²) in [5.41, 5.74) is 3.18. The molecule has 0 fully saturated rings. The molecule has 0 radical (unpaired) electrons. The molecule has 0 amide bonds. The Kier molecular flexibility index (Phi) is 2.43. The van der Waals surface area contributed by atoms with Gasteiger partial charge < -0.3 is 0 Å². The molecular formula is C16H18. The smallest absolute Gasteiger partial charge is 0.0181 e. The van der Waals surface area contributed by atoms with Crippen LogP contribution in [0.5, 0.6) is 0 Å². The summed E-state index contributed by atoms with van der Waals surface area (Å²) in [5.74, 6) is 0.911. The SMILES string of the molecule is CCC1CCc2cc3ccccc3cc2C1. The Labute approximate surface area is 97.3 Å². The quantitative estimate of drug-likeness (QED) is 0.656. The molecule has 1 unspecified atom stereocenters. The minimum absolute atomic E-state index is 0.911. The van der Waals surface area contributed by atoms with Gasteiger partial charge in [0.1, 0.15) is 0 Å². The van der Waals surface area contributed by atoms with E-state index in [0.29, 0.717) is 0 Å². The van der Waals surface area contributed by atoms with Gasteiger partial charge in [0, 0.05) is 0 Å². The molecule has 0 heteroatoms. The molecule has 0 bridgehead atoms. The maximum atomic E-state index is 2.41. The zero-order chi connectivity index (χ0) is 11.0. The predicted octanol–water partition coefficient (Wildman–Crippen LogP) is 4.35. The summed E-state index contributed by atoms with van der Waals surface area (Å²) in [6, 6.07) is 13.5. The third-order valence-corrected chi connectivity index (χ3v) is 3.98. The van der Waals surface area contributed by atoms with Gasteiger partial charge in [-0.2, -0.15) is 0 Å². The Bertz CT molecular complexity index is 510. The number of hydrogen-bond donors (Lipinski definition) is 0. The second-order valence-electron chi connectivity index (χ2n) is 4.99. The zero-order valence-corrected chi connectivity index (χ0v) is 9.87. The number of fused-ring (bicyclic) bond motifs is 2. The largest absolute Gasteiger partial charge is 0.0651 e. The van der Waals surface area contributed by atoms with Crippen LogP contribution >= 0.6 is 0 Å². The summed E-state index contributed by atoms with van der Waals surface area (Å²) in [5, 5.41) is 2.80. The summed E-state index contributed by atoms with van der Waals surface area (Å²) in [4.78, 5) is 0. The van der Waals surface area contributed by atoms with Crippen LogP contribution in [0.4, 0.5) is 0 Å². The van der Waals surface area contributed by atoms with E-state index >= 15 is 0 Å². The Morgan fingerprint density at radius 1 is 1.06 bits per heavy atom. The highest BCUT2D eigenvalue weighted by Crippen LogP contribution is 2.30. The third-order valence-electron chi connectivity index (χ3n) is 3.98. The molecule has 82 valence electrons. The maximum Gasteiger partial charge on any atom is -0.0181 e. The van der Waals surface area contributed by atoms with Gasteiger partial charge in [-0.25, -0.2) is 0 Å². The van der Waals surface area contributed by atoms with E-state index in [-0.39, 0.29) is 0 Å². The van der Waals surface area contributed by atoms with E-state index in [1.807, 2.05) is 0 Å². The number of aryl methyl sites for hydroxylation is 1. The van der Waals surface area contributed by atoms with Crippen LogP contribution in [0.25, 0.3) is 10.8 Å². The van der Waals surface area contributed by atoms with Gasteiger partial charge in [-0.3, -0.25) is 0 Å². The molecule has 0 heterocycles. The fraction of sp³-hybridized carbons (Fsp3) is 0.375. The van der Waals surface area contributed by atoms with E-state index in [9.17, 15) is 0 Å². The van der Waals surface area contributed by atoms with Gasteiger partial charge in [-0.05, 0) is 47.1 Å². The van der Waals surface area contributed by atoms with Crippen molar-refractivity contribution in [1.82, 2.24) is 0 Å². The number of rotatable bonds is 1. The van der Waals surface area contributed by atoms with Crippen molar-refractivity contribution in [1.29, 1.82) is 0 Å². The van der Waals surface area contributed by atoms with Crippen LogP contribution in [0.3, 0.4) is 0 Å². The molecule has 1 aliphatic carbocycles. The number of hydrogen-bond acceptors (Lipinski definition) is 0. The van der Waals surface area contributed by atoms with E-state index in [4.69, 9.17) is 0 Å². The van der Waals surface area contributed by atoms with E-state index < -0.39 is 0 Å². The molecule has 0 spiro atoms. The molecular weight excluding hydrogens is 192 g/mol. The molecule has 2 aromatic rings. The van der Waals surface area contributed by atoms with Crippen molar-refractivity contribution in [2.45, 2.75) is 32.6 Å². The molecule has 0 aromatic heterocycles. The van der Waals surface area contributed by atoms with E-state index in [2.05, 4.69) is 43.3 Å². The van der Waals surface area contributed by atoms with Crippen LogP contribution < -0.4 is 0 Å². The van der Waals surface area contributed by atoms with Crippen molar-refractivity contribution >= 4 is 10.8 Å². The molecule has 2 aromatic carbocycles. The lowest BCUT2D eigenvalue weighted by Crippen LogP contribution is -2.13. The van der Waals surface area contributed by atoms with Crippen molar-refractivity contribution < 1.29 is 0 Å². The first-order valence-corrected chi connectivity index (χ1v) is 6.37. The van der Waals surface area contributed by atoms with Gasteiger partial charge in [0.15, 0.2) is 0 Å². The van der Waals surface area contributed by atoms with Gasteiger partial charge in [0.2, 0.25) is 0 Å². The first-order valence-electron chi connectivity index (χ1n) is 6.37. The van der Waals surface area contributed by atoms with Crippen molar-refractivity contribution in [3.63, 3.8) is 0 Å². The van der Waals surface area contributed by atoms with Crippen LogP contribution in [0.15, 0.2) is 36.4 Å². The van der Waals surface area contributed by atoms with Crippen LogP contribution in [-0.4, -0.2) is 0 Å². The second kappa shape index (κ2) is 3.93. The van der Waals surface area contributed by atoms with Gasteiger partial charge >= 0.3 is 0 Å². The Morgan fingerprint density at radius 2 is 1.75 bits per heavy atom. The lowest BCUT2D eigenvalue weighted by atomic mass is 9.81. The summed E-state index contributed by atoms with van der Waals surface area (Å²) >= 11 is 0. The third kappa shape index (κ3) is 1.63. The first kappa shape index (κ1) is 9.89. The van der Waals surface area contributed by atoms with Crippen LogP contribution in [-0.2, 0) is 12.8 Å². The lowest BCUT2D eigenvalue weighted by Gasteiger charge is -2.24. The summed E-state index contributed by atoms with van der Waals surface area (Å²) in [6.45, 7) is 2.32.